The van der Waals surface area contributed by atoms with Gasteiger partial charge in [0.1, 0.15) is 5.75 Å². The van der Waals surface area contributed by atoms with Crippen molar-refractivity contribution in [3.8, 4) is 5.75 Å². The Bertz CT molecular complexity index is 365. The molecule has 1 atom stereocenters. The number of nitrogens with two attached hydrogens (primary N) is 1. The molecular formula is C14H22N2O2. The van der Waals surface area contributed by atoms with Gasteiger partial charge < -0.3 is 15.2 Å². The Morgan fingerprint density at radius 2 is 2.06 bits per heavy atom. The highest BCUT2D eigenvalue weighted by atomic mass is 16.5. The van der Waals surface area contributed by atoms with Crippen LogP contribution in [-0.4, -0.2) is 44.4 Å². The van der Waals surface area contributed by atoms with Gasteiger partial charge in [0.25, 0.3) is 0 Å². The molecule has 1 heterocycles. The lowest BCUT2D eigenvalue weighted by molar-refractivity contribution is 0.0173. The van der Waals surface area contributed by atoms with E-state index in [1.807, 2.05) is 25.1 Å². The van der Waals surface area contributed by atoms with E-state index in [1.165, 1.54) is 5.56 Å². The fraction of sp³-hybridized carbons (Fsp3) is 0.571. The molecule has 0 bridgehead atoms. The van der Waals surface area contributed by atoms with Gasteiger partial charge in [-0.25, -0.2) is 0 Å². The minimum absolute atomic E-state index is 0.219. The van der Waals surface area contributed by atoms with Crippen LogP contribution in [0.4, 0.5) is 0 Å². The monoisotopic (exact) mass is 250 g/mol. The molecule has 0 saturated carbocycles. The minimum Gasteiger partial charge on any atom is -0.494 e. The summed E-state index contributed by atoms with van der Waals surface area (Å²) in [6, 6.07) is 8.39. The molecule has 4 heteroatoms. The van der Waals surface area contributed by atoms with Crippen LogP contribution in [0, 0.1) is 0 Å². The predicted molar refractivity (Wildman–Crippen MR) is 71.8 cm³/mol. The zero-order valence-electron chi connectivity index (χ0n) is 11.0. The summed E-state index contributed by atoms with van der Waals surface area (Å²) >= 11 is 0. The standard InChI is InChI=1S/C14H22N2O2/c1-2-18-14-6-4-3-5-12(14)13(11-15)16-7-9-17-10-8-16/h3-6,13H,2,7-11,15H2,1H3/t13-/m1/s1. The van der Waals surface area contributed by atoms with Crippen molar-refractivity contribution in [2.45, 2.75) is 13.0 Å². The fourth-order valence-electron chi connectivity index (χ4n) is 2.40. The second-order valence-corrected chi connectivity index (χ2v) is 4.37. The van der Waals surface area contributed by atoms with Crippen LogP contribution >= 0.6 is 0 Å². The van der Waals surface area contributed by atoms with E-state index in [-0.39, 0.29) is 6.04 Å². The first-order chi connectivity index (χ1) is 8.86. The van der Waals surface area contributed by atoms with Crippen LogP contribution in [0.3, 0.4) is 0 Å². The maximum Gasteiger partial charge on any atom is 0.124 e. The first-order valence-electron chi connectivity index (χ1n) is 6.60. The summed E-state index contributed by atoms with van der Waals surface area (Å²) in [5, 5.41) is 0. The maximum atomic E-state index is 5.96. The molecule has 0 radical (unpaired) electrons. The molecule has 0 spiro atoms. The van der Waals surface area contributed by atoms with E-state index < -0.39 is 0 Å². The summed E-state index contributed by atoms with van der Waals surface area (Å²) in [6.07, 6.45) is 0. The molecule has 0 amide bonds. The number of benzene rings is 1. The third-order valence-corrected chi connectivity index (χ3v) is 3.29. The minimum atomic E-state index is 0.219. The lowest BCUT2D eigenvalue weighted by Gasteiger charge is -2.34. The Kier molecular flexibility index (Phi) is 4.99. The zero-order chi connectivity index (χ0) is 12.8. The number of para-hydroxylation sites is 1. The Labute approximate surface area is 109 Å². The Morgan fingerprint density at radius 3 is 2.72 bits per heavy atom. The number of nitrogens with zero attached hydrogens (tertiary/aromatic N) is 1. The van der Waals surface area contributed by atoms with Gasteiger partial charge in [-0.05, 0) is 13.0 Å². The molecule has 1 aromatic carbocycles. The van der Waals surface area contributed by atoms with E-state index in [2.05, 4.69) is 11.0 Å². The van der Waals surface area contributed by atoms with Gasteiger partial charge in [0, 0.05) is 25.2 Å². The SMILES string of the molecule is CCOc1ccccc1[C@@H](CN)N1CCOCC1. The summed E-state index contributed by atoms with van der Waals surface area (Å²) in [5.74, 6) is 0.946. The van der Waals surface area contributed by atoms with E-state index in [0.717, 1.165) is 32.1 Å². The number of ether oxygens (including phenoxy) is 2. The van der Waals surface area contributed by atoms with Crippen LogP contribution in [0.2, 0.25) is 0 Å². The first-order valence-corrected chi connectivity index (χ1v) is 6.60. The first kappa shape index (κ1) is 13.3. The van der Waals surface area contributed by atoms with Crippen LogP contribution < -0.4 is 10.5 Å². The van der Waals surface area contributed by atoms with Crippen LogP contribution in [0.1, 0.15) is 18.5 Å². The van der Waals surface area contributed by atoms with E-state index >= 15 is 0 Å². The van der Waals surface area contributed by atoms with Crippen LogP contribution in [0.25, 0.3) is 0 Å². The Hall–Kier alpha value is -1.10. The Balaban J connectivity index is 2.20. The number of rotatable bonds is 5. The third-order valence-electron chi connectivity index (χ3n) is 3.29. The summed E-state index contributed by atoms with van der Waals surface area (Å²) in [4.78, 5) is 2.38. The van der Waals surface area contributed by atoms with Crippen molar-refractivity contribution in [1.29, 1.82) is 0 Å². The summed E-state index contributed by atoms with van der Waals surface area (Å²) in [5.41, 5.74) is 7.15. The van der Waals surface area contributed by atoms with Crippen LogP contribution in [0.15, 0.2) is 24.3 Å². The van der Waals surface area contributed by atoms with E-state index in [0.29, 0.717) is 13.2 Å². The highest BCUT2D eigenvalue weighted by molar-refractivity contribution is 5.36. The van der Waals surface area contributed by atoms with Gasteiger partial charge >= 0.3 is 0 Å². The van der Waals surface area contributed by atoms with Crippen molar-refractivity contribution >= 4 is 0 Å². The number of hydrogen-bond acceptors (Lipinski definition) is 4. The summed E-state index contributed by atoms with van der Waals surface area (Å²) in [7, 11) is 0. The average Bonchev–Trinajstić information content (AvgIpc) is 2.43. The van der Waals surface area contributed by atoms with Crippen molar-refractivity contribution < 1.29 is 9.47 Å². The predicted octanol–water partition coefficient (Wildman–Crippen LogP) is 1.42. The highest BCUT2D eigenvalue weighted by Gasteiger charge is 2.23. The molecule has 2 N–H and O–H groups in total. The van der Waals surface area contributed by atoms with E-state index in [4.69, 9.17) is 15.2 Å². The van der Waals surface area contributed by atoms with Crippen molar-refractivity contribution in [2.24, 2.45) is 5.73 Å². The number of hydrogen-bond donors (Lipinski definition) is 1. The largest absolute Gasteiger partial charge is 0.494 e. The van der Waals surface area contributed by atoms with Gasteiger partial charge in [0.05, 0.1) is 25.9 Å². The second-order valence-electron chi connectivity index (χ2n) is 4.37. The van der Waals surface area contributed by atoms with E-state index in [1.54, 1.807) is 0 Å². The third kappa shape index (κ3) is 3.02. The van der Waals surface area contributed by atoms with Crippen LogP contribution in [0.5, 0.6) is 5.75 Å². The smallest absolute Gasteiger partial charge is 0.124 e. The van der Waals surface area contributed by atoms with Crippen molar-refractivity contribution in [1.82, 2.24) is 4.90 Å². The van der Waals surface area contributed by atoms with Gasteiger partial charge in [0.15, 0.2) is 0 Å². The maximum absolute atomic E-state index is 5.96. The highest BCUT2D eigenvalue weighted by Crippen LogP contribution is 2.29. The van der Waals surface area contributed by atoms with Gasteiger partial charge in [-0.2, -0.15) is 0 Å². The quantitative estimate of drug-likeness (QED) is 0.858. The lowest BCUT2D eigenvalue weighted by atomic mass is 10.0. The molecule has 100 valence electrons. The second kappa shape index (κ2) is 6.73. The molecule has 18 heavy (non-hydrogen) atoms. The molecule has 4 nitrogen and oxygen atoms in total. The van der Waals surface area contributed by atoms with Gasteiger partial charge in [-0.3, -0.25) is 4.90 Å². The van der Waals surface area contributed by atoms with Gasteiger partial charge in [-0.1, -0.05) is 18.2 Å². The normalized spacial score (nSPS) is 18.6. The molecule has 1 fully saturated rings. The zero-order valence-corrected chi connectivity index (χ0v) is 11.0. The average molecular weight is 250 g/mol. The Morgan fingerprint density at radius 1 is 1.33 bits per heavy atom. The summed E-state index contributed by atoms with van der Waals surface area (Å²) in [6.45, 7) is 6.72. The molecule has 1 saturated heterocycles. The van der Waals surface area contributed by atoms with Crippen molar-refractivity contribution in [3.63, 3.8) is 0 Å². The molecular weight excluding hydrogens is 228 g/mol. The van der Waals surface area contributed by atoms with Gasteiger partial charge in [-0.15, -0.1) is 0 Å². The van der Waals surface area contributed by atoms with Crippen molar-refractivity contribution in [2.75, 3.05) is 39.5 Å². The molecule has 1 aromatic rings. The van der Waals surface area contributed by atoms with E-state index in [9.17, 15) is 0 Å². The molecule has 1 aliphatic rings. The van der Waals surface area contributed by atoms with Crippen LogP contribution in [-0.2, 0) is 4.74 Å². The molecule has 1 aliphatic heterocycles. The topological polar surface area (TPSA) is 47.7 Å². The summed E-state index contributed by atoms with van der Waals surface area (Å²) < 4.78 is 11.1. The molecule has 0 aromatic heterocycles. The van der Waals surface area contributed by atoms with Crippen molar-refractivity contribution in [3.05, 3.63) is 29.8 Å². The molecule has 0 aliphatic carbocycles. The molecule has 0 unspecified atom stereocenters. The molecule has 2 rings (SSSR count). The fourth-order valence-corrected chi connectivity index (χ4v) is 2.40. The van der Waals surface area contributed by atoms with Gasteiger partial charge in [0.2, 0.25) is 0 Å². The number of morpholine rings is 1. The lowest BCUT2D eigenvalue weighted by Crippen LogP contribution is -2.41.